The molecule has 0 aliphatic heterocycles. The van der Waals surface area contributed by atoms with Gasteiger partial charge in [-0.05, 0) is 115 Å². The molecule has 12 rings (SSSR count). The van der Waals surface area contributed by atoms with E-state index in [1.807, 2.05) is 22.7 Å². The van der Waals surface area contributed by atoms with Crippen molar-refractivity contribution in [3.8, 4) is 22.3 Å². The van der Waals surface area contributed by atoms with Crippen LogP contribution in [-0.2, 0) is 5.41 Å². The van der Waals surface area contributed by atoms with E-state index in [0.717, 1.165) is 0 Å². The van der Waals surface area contributed by atoms with E-state index in [9.17, 15) is 0 Å². The van der Waals surface area contributed by atoms with Gasteiger partial charge in [-0.1, -0.05) is 146 Å². The molecule has 0 saturated heterocycles. The Kier molecular flexibility index (Phi) is 6.69. The molecular weight excluding hydrogens is 701 g/mol. The summed E-state index contributed by atoms with van der Waals surface area (Å²) < 4.78 is 5.35. The number of hydrogen-bond acceptors (Lipinski definition) is 2. The van der Waals surface area contributed by atoms with E-state index in [1.54, 1.807) is 0 Å². The van der Waals surface area contributed by atoms with E-state index in [2.05, 4.69) is 194 Å². The van der Waals surface area contributed by atoms with Gasteiger partial charge in [0.2, 0.25) is 0 Å². The summed E-state index contributed by atoms with van der Waals surface area (Å²) in [6, 6.07) is 63.5. The molecule has 0 amide bonds. The molecule has 1 spiro atoms. The second-order valence-electron chi connectivity index (χ2n) is 14.8. The first-order valence-corrected chi connectivity index (χ1v) is 20.5. The molecule has 0 bridgehead atoms. The zero-order valence-electron chi connectivity index (χ0n) is 29.8. The van der Waals surface area contributed by atoms with Gasteiger partial charge in [0.05, 0.1) is 5.41 Å². The van der Waals surface area contributed by atoms with Crippen molar-refractivity contribution in [2.75, 3.05) is 0 Å². The van der Waals surface area contributed by atoms with Crippen molar-refractivity contribution < 1.29 is 0 Å². The van der Waals surface area contributed by atoms with Gasteiger partial charge in [0, 0.05) is 40.3 Å². The first kappa shape index (κ1) is 31.1. The van der Waals surface area contributed by atoms with Gasteiger partial charge >= 0.3 is 0 Å². The van der Waals surface area contributed by atoms with Crippen molar-refractivity contribution in [2.45, 2.75) is 5.41 Å². The molecule has 2 aliphatic rings. The fourth-order valence-electron chi connectivity index (χ4n) is 9.46. The van der Waals surface area contributed by atoms with E-state index in [1.165, 1.54) is 107 Å². The fraction of sp³-hybridized carbons (Fsp3) is 0.0189. The molecule has 0 saturated carbocycles. The zero-order valence-corrected chi connectivity index (χ0v) is 31.4. The van der Waals surface area contributed by atoms with Gasteiger partial charge < -0.3 is 0 Å². The summed E-state index contributed by atoms with van der Waals surface area (Å²) in [6.45, 7) is 0. The highest BCUT2D eigenvalue weighted by atomic mass is 32.1. The zero-order chi connectivity index (χ0) is 36.1. The number of fused-ring (bicyclic) bond motifs is 16. The highest BCUT2D eigenvalue weighted by Gasteiger charge is 2.51. The largest absolute Gasteiger partial charge is 0.135 e. The molecule has 2 heteroatoms. The van der Waals surface area contributed by atoms with Crippen molar-refractivity contribution in [3.63, 3.8) is 0 Å². The summed E-state index contributed by atoms with van der Waals surface area (Å²) in [5.41, 5.74) is 15.2. The third-order valence-corrected chi connectivity index (χ3v) is 14.2. The number of rotatable bonds is 4. The summed E-state index contributed by atoms with van der Waals surface area (Å²) in [4.78, 5) is 0. The molecule has 10 aromatic rings. The lowest BCUT2D eigenvalue weighted by atomic mass is 9.70. The third-order valence-electron chi connectivity index (χ3n) is 11.9. The van der Waals surface area contributed by atoms with Crippen LogP contribution in [-0.4, -0.2) is 0 Å². The average molecular weight is 733 g/mol. The van der Waals surface area contributed by atoms with E-state index in [0.29, 0.717) is 0 Å². The van der Waals surface area contributed by atoms with Crippen molar-refractivity contribution in [2.24, 2.45) is 0 Å². The minimum Gasteiger partial charge on any atom is -0.135 e. The van der Waals surface area contributed by atoms with Gasteiger partial charge in [-0.3, -0.25) is 0 Å². The lowest BCUT2D eigenvalue weighted by Gasteiger charge is -2.30. The van der Waals surface area contributed by atoms with Crippen LogP contribution >= 0.6 is 22.7 Å². The molecule has 0 nitrogen and oxygen atoms in total. The van der Waals surface area contributed by atoms with Gasteiger partial charge in [-0.15, -0.1) is 22.7 Å². The maximum Gasteiger partial charge on any atom is 0.0725 e. The summed E-state index contributed by atoms with van der Waals surface area (Å²) in [5, 5.41) is 5.33. The molecule has 0 unspecified atom stereocenters. The maximum atomic E-state index is 2.46. The Balaban J connectivity index is 0.992. The summed E-state index contributed by atoms with van der Waals surface area (Å²) in [5.74, 6) is 0. The molecular formula is C53H32S2. The van der Waals surface area contributed by atoms with Gasteiger partial charge in [0.1, 0.15) is 0 Å². The van der Waals surface area contributed by atoms with Crippen LogP contribution in [0.15, 0.2) is 170 Å². The van der Waals surface area contributed by atoms with E-state index in [-0.39, 0.29) is 0 Å². The quantitative estimate of drug-likeness (QED) is 0.158. The Morgan fingerprint density at radius 3 is 1.15 bits per heavy atom. The summed E-state index contributed by atoms with van der Waals surface area (Å²) in [6.07, 6.45) is 9.14. The molecule has 0 atom stereocenters. The molecule has 8 aromatic carbocycles. The Bertz CT molecular complexity index is 3050. The second kappa shape index (κ2) is 11.8. The highest BCUT2D eigenvalue weighted by molar-refractivity contribution is 7.26. The maximum absolute atomic E-state index is 2.46. The Labute approximate surface area is 327 Å². The van der Waals surface area contributed by atoms with Crippen LogP contribution in [0.2, 0.25) is 0 Å². The number of hydrogen-bond donors (Lipinski definition) is 0. The van der Waals surface area contributed by atoms with Crippen LogP contribution in [0.5, 0.6) is 0 Å². The van der Waals surface area contributed by atoms with Gasteiger partial charge in [-0.2, -0.15) is 0 Å². The average Bonchev–Trinajstić information content (AvgIpc) is 3.97. The molecule has 0 radical (unpaired) electrons. The predicted octanol–water partition coefficient (Wildman–Crippen LogP) is 15.1. The molecule has 2 heterocycles. The molecule has 0 N–H and O–H groups in total. The van der Waals surface area contributed by atoms with Crippen LogP contribution in [0.3, 0.4) is 0 Å². The summed E-state index contributed by atoms with van der Waals surface area (Å²) in [7, 11) is 0. The van der Waals surface area contributed by atoms with Crippen molar-refractivity contribution in [1.29, 1.82) is 0 Å². The minimum absolute atomic E-state index is 0.408. The van der Waals surface area contributed by atoms with E-state index < -0.39 is 5.41 Å². The Morgan fingerprint density at radius 2 is 0.655 bits per heavy atom. The van der Waals surface area contributed by atoms with Crippen LogP contribution in [0, 0.1) is 0 Å². The second-order valence-corrected chi connectivity index (χ2v) is 17.0. The van der Waals surface area contributed by atoms with Gasteiger partial charge in [0.15, 0.2) is 0 Å². The first-order chi connectivity index (χ1) is 27.2. The van der Waals surface area contributed by atoms with Crippen molar-refractivity contribution in [3.05, 3.63) is 214 Å². The predicted molar refractivity (Wildman–Crippen MR) is 239 cm³/mol. The van der Waals surface area contributed by atoms with E-state index in [4.69, 9.17) is 0 Å². The number of thiophene rings is 2. The molecule has 0 fully saturated rings. The molecule has 256 valence electrons. The monoisotopic (exact) mass is 732 g/mol. The molecule has 2 aromatic heterocycles. The SMILES string of the molecule is C(=Cc1ccc2sc3ccccc3c2c1)c1ccc2c(c1)C1(c3ccccc3-c3ccccc31)c1cc(C=Cc3ccc4sc5ccccc5c4c3)ccc1-2. The molecule has 55 heavy (non-hydrogen) atoms. The topological polar surface area (TPSA) is 0 Å². The summed E-state index contributed by atoms with van der Waals surface area (Å²) >= 11 is 3.73. The fourth-order valence-corrected chi connectivity index (χ4v) is 11.6. The van der Waals surface area contributed by atoms with Crippen LogP contribution in [0.1, 0.15) is 44.5 Å². The van der Waals surface area contributed by atoms with Crippen molar-refractivity contribution >= 4 is 87.3 Å². The normalized spacial score (nSPS) is 13.8. The van der Waals surface area contributed by atoms with E-state index >= 15 is 0 Å². The lowest BCUT2D eigenvalue weighted by Crippen LogP contribution is -2.26. The smallest absolute Gasteiger partial charge is 0.0725 e. The third kappa shape index (κ3) is 4.56. The Hall–Kier alpha value is -6.32. The van der Waals surface area contributed by atoms with Crippen LogP contribution in [0.25, 0.3) is 86.9 Å². The van der Waals surface area contributed by atoms with Crippen LogP contribution in [0.4, 0.5) is 0 Å². The van der Waals surface area contributed by atoms with Gasteiger partial charge in [0.25, 0.3) is 0 Å². The highest BCUT2D eigenvalue weighted by Crippen LogP contribution is 2.63. The number of benzene rings is 8. The lowest BCUT2D eigenvalue weighted by molar-refractivity contribution is 0.793. The molecule has 2 aliphatic carbocycles. The standard InChI is InChI=1S/C53H32S2/c1-5-13-45-37(9-1)38-10-2-6-14-46(38)53(45)47-31-35(19-17-33-23-27-51-43(29-33)41-11-3-7-15-49(41)54-51)21-25-39(47)40-26-22-36(32-48(40)53)20-18-34-24-28-52-44(30-34)42-12-4-8-16-50(42)55-52/h1-32H. The first-order valence-electron chi connectivity index (χ1n) is 18.9. The minimum atomic E-state index is -0.408. The van der Waals surface area contributed by atoms with Crippen LogP contribution < -0.4 is 0 Å². The Morgan fingerprint density at radius 1 is 0.291 bits per heavy atom. The van der Waals surface area contributed by atoms with Gasteiger partial charge in [-0.25, -0.2) is 0 Å². The van der Waals surface area contributed by atoms with Crippen molar-refractivity contribution in [1.82, 2.24) is 0 Å².